The van der Waals surface area contributed by atoms with Crippen LogP contribution in [0, 0.1) is 17.6 Å². The third-order valence-electron chi connectivity index (χ3n) is 3.19. The lowest BCUT2D eigenvalue weighted by Gasteiger charge is -2.35. The van der Waals surface area contributed by atoms with Crippen LogP contribution in [0.2, 0.25) is 0 Å². The molecule has 1 aromatic heterocycles. The number of carbonyl (C=O) groups is 1. The Morgan fingerprint density at radius 3 is 2.79 bits per heavy atom. The van der Waals surface area contributed by atoms with Crippen molar-refractivity contribution in [3.8, 4) is 0 Å². The van der Waals surface area contributed by atoms with Gasteiger partial charge in [0.2, 0.25) is 5.91 Å². The molecule has 0 bridgehead atoms. The Balaban J connectivity index is 2.37. The highest BCUT2D eigenvalue weighted by Crippen LogP contribution is 2.26. The number of amides is 1. The van der Waals surface area contributed by atoms with Crippen molar-refractivity contribution in [1.29, 1.82) is 0 Å². The van der Waals surface area contributed by atoms with E-state index in [0.29, 0.717) is 19.0 Å². The average molecular weight is 273 g/mol. The van der Waals surface area contributed by atoms with Gasteiger partial charge in [0.25, 0.3) is 5.95 Å². The SMILES string of the molecule is CNC(=O)C1CCCCN1c1nc(F)c(F)cc1F. The number of nitrogens with zero attached hydrogens (tertiary/aromatic N) is 2. The predicted octanol–water partition coefficient (Wildman–Crippen LogP) is 1.60. The van der Waals surface area contributed by atoms with E-state index >= 15 is 0 Å². The summed E-state index contributed by atoms with van der Waals surface area (Å²) in [5.74, 6) is -4.26. The molecule has 1 amide bonds. The molecule has 1 saturated heterocycles. The first-order chi connectivity index (χ1) is 9.04. The third-order valence-corrected chi connectivity index (χ3v) is 3.19. The summed E-state index contributed by atoms with van der Waals surface area (Å²) >= 11 is 0. The molecule has 0 aliphatic carbocycles. The quantitative estimate of drug-likeness (QED) is 0.833. The molecule has 1 unspecified atom stereocenters. The normalized spacial score (nSPS) is 19.4. The van der Waals surface area contributed by atoms with Gasteiger partial charge in [-0.1, -0.05) is 0 Å². The molecule has 2 heterocycles. The van der Waals surface area contributed by atoms with Crippen molar-refractivity contribution in [3.05, 3.63) is 23.6 Å². The van der Waals surface area contributed by atoms with Crippen molar-refractivity contribution in [3.63, 3.8) is 0 Å². The van der Waals surface area contributed by atoms with Crippen LogP contribution in [0.4, 0.5) is 19.0 Å². The molecular formula is C12H14F3N3O. The number of hydrogen-bond donors (Lipinski definition) is 1. The first-order valence-corrected chi connectivity index (χ1v) is 6.04. The first-order valence-electron chi connectivity index (χ1n) is 6.04. The van der Waals surface area contributed by atoms with Crippen LogP contribution in [0.5, 0.6) is 0 Å². The van der Waals surface area contributed by atoms with Gasteiger partial charge in [0.05, 0.1) is 0 Å². The van der Waals surface area contributed by atoms with E-state index in [1.807, 2.05) is 0 Å². The summed E-state index contributed by atoms with van der Waals surface area (Å²) in [6.07, 6.45) is 2.09. The van der Waals surface area contributed by atoms with E-state index in [9.17, 15) is 18.0 Å². The number of aromatic nitrogens is 1. The molecule has 2 rings (SSSR count). The minimum Gasteiger partial charge on any atom is -0.357 e. The largest absolute Gasteiger partial charge is 0.357 e. The molecule has 1 aromatic rings. The summed E-state index contributed by atoms with van der Waals surface area (Å²) < 4.78 is 39.7. The van der Waals surface area contributed by atoms with Crippen LogP contribution >= 0.6 is 0 Å². The highest BCUT2D eigenvalue weighted by atomic mass is 19.2. The lowest BCUT2D eigenvalue weighted by atomic mass is 10.0. The predicted molar refractivity (Wildman–Crippen MR) is 63.2 cm³/mol. The van der Waals surface area contributed by atoms with Gasteiger partial charge >= 0.3 is 0 Å². The van der Waals surface area contributed by atoms with Gasteiger partial charge in [-0.05, 0) is 19.3 Å². The zero-order valence-electron chi connectivity index (χ0n) is 10.4. The van der Waals surface area contributed by atoms with E-state index in [1.165, 1.54) is 11.9 Å². The maximum absolute atomic E-state index is 13.7. The Labute approximate surface area is 108 Å². The number of piperidine rings is 1. The monoisotopic (exact) mass is 273 g/mol. The zero-order valence-corrected chi connectivity index (χ0v) is 10.4. The van der Waals surface area contributed by atoms with Crippen molar-refractivity contribution in [1.82, 2.24) is 10.3 Å². The number of rotatable bonds is 2. The van der Waals surface area contributed by atoms with Crippen molar-refractivity contribution in [2.24, 2.45) is 0 Å². The molecule has 0 radical (unpaired) electrons. The lowest BCUT2D eigenvalue weighted by molar-refractivity contribution is -0.122. The number of halogens is 3. The van der Waals surface area contributed by atoms with Gasteiger partial charge in [-0.3, -0.25) is 4.79 Å². The molecule has 1 atom stereocenters. The molecule has 1 aliphatic heterocycles. The maximum atomic E-state index is 13.7. The molecular weight excluding hydrogens is 259 g/mol. The Hall–Kier alpha value is -1.79. The fourth-order valence-electron chi connectivity index (χ4n) is 2.26. The molecule has 0 saturated carbocycles. The topological polar surface area (TPSA) is 45.2 Å². The highest BCUT2D eigenvalue weighted by Gasteiger charge is 2.31. The molecule has 0 aromatic carbocycles. The highest BCUT2D eigenvalue weighted by molar-refractivity contribution is 5.84. The smallest absolute Gasteiger partial charge is 0.251 e. The van der Waals surface area contributed by atoms with Crippen molar-refractivity contribution >= 4 is 11.7 Å². The van der Waals surface area contributed by atoms with Crippen molar-refractivity contribution in [2.75, 3.05) is 18.5 Å². The summed E-state index contributed by atoms with van der Waals surface area (Å²) in [5.41, 5.74) is 0. The number of pyridine rings is 1. The van der Waals surface area contributed by atoms with E-state index in [-0.39, 0.29) is 11.7 Å². The van der Waals surface area contributed by atoms with Crippen LogP contribution in [0.15, 0.2) is 6.07 Å². The molecule has 0 spiro atoms. The van der Waals surface area contributed by atoms with E-state index in [0.717, 1.165) is 12.8 Å². The molecule has 7 heteroatoms. The number of anilines is 1. The second-order valence-corrected chi connectivity index (χ2v) is 4.39. The minimum atomic E-state index is -1.36. The van der Waals surface area contributed by atoms with E-state index in [1.54, 1.807) is 0 Å². The Kier molecular flexibility index (Phi) is 3.92. The maximum Gasteiger partial charge on any atom is 0.251 e. The van der Waals surface area contributed by atoms with E-state index in [4.69, 9.17) is 0 Å². The standard InChI is InChI=1S/C12H14F3N3O/c1-16-12(19)9-4-2-3-5-18(9)11-8(14)6-7(13)10(15)17-11/h6,9H,2-5H2,1H3,(H,16,19). The summed E-state index contributed by atoms with van der Waals surface area (Å²) in [7, 11) is 1.48. The lowest BCUT2D eigenvalue weighted by Crippen LogP contribution is -2.49. The van der Waals surface area contributed by atoms with Crippen LogP contribution in [0.25, 0.3) is 0 Å². The second-order valence-electron chi connectivity index (χ2n) is 4.39. The van der Waals surface area contributed by atoms with Gasteiger partial charge in [0.15, 0.2) is 17.5 Å². The van der Waals surface area contributed by atoms with Gasteiger partial charge < -0.3 is 10.2 Å². The first kappa shape index (κ1) is 13.6. The molecule has 1 fully saturated rings. The fraction of sp³-hybridized carbons (Fsp3) is 0.500. The van der Waals surface area contributed by atoms with Gasteiger partial charge in [-0.25, -0.2) is 8.78 Å². The van der Waals surface area contributed by atoms with Crippen LogP contribution in [0.1, 0.15) is 19.3 Å². The van der Waals surface area contributed by atoms with E-state index in [2.05, 4.69) is 10.3 Å². The number of hydrogen-bond acceptors (Lipinski definition) is 3. The molecule has 4 nitrogen and oxygen atoms in total. The molecule has 1 aliphatic rings. The van der Waals surface area contributed by atoms with E-state index < -0.39 is 23.6 Å². The Morgan fingerprint density at radius 2 is 2.11 bits per heavy atom. The Bertz CT molecular complexity index is 495. The summed E-state index contributed by atoms with van der Waals surface area (Å²) in [5, 5.41) is 2.48. The number of likely N-dealkylation sites (N-methyl/N-ethyl adjacent to an activating group) is 1. The van der Waals surface area contributed by atoms with Crippen molar-refractivity contribution in [2.45, 2.75) is 25.3 Å². The molecule has 19 heavy (non-hydrogen) atoms. The van der Waals surface area contributed by atoms with Gasteiger partial charge in [0.1, 0.15) is 6.04 Å². The summed E-state index contributed by atoms with van der Waals surface area (Å²) in [6.45, 7) is 0.382. The fourth-order valence-corrected chi connectivity index (χ4v) is 2.26. The summed E-state index contributed by atoms with van der Waals surface area (Å²) in [4.78, 5) is 16.4. The zero-order chi connectivity index (χ0) is 14.0. The molecule has 1 N–H and O–H groups in total. The third kappa shape index (κ3) is 2.64. The van der Waals surface area contributed by atoms with Crippen LogP contribution in [-0.2, 0) is 4.79 Å². The average Bonchev–Trinajstić information content (AvgIpc) is 2.42. The second kappa shape index (κ2) is 5.46. The summed E-state index contributed by atoms with van der Waals surface area (Å²) in [6, 6.07) is -0.154. The van der Waals surface area contributed by atoms with Gasteiger partial charge in [-0.2, -0.15) is 9.37 Å². The minimum absolute atomic E-state index is 0.286. The van der Waals surface area contributed by atoms with Crippen LogP contribution in [-0.4, -0.2) is 30.5 Å². The van der Waals surface area contributed by atoms with Crippen molar-refractivity contribution < 1.29 is 18.0 Å². The molecule has 104 valence electrons. The van der Waals surface area contributed by atoms with Crippen LogP contribution < -0.4 is 10.2 Å². The number of nitrogens with one attached hydrogen (secondary N) is 1. The number of carbonyl (C=O) groups excluding carboxylic acids is 1. The van der Waals surface area contributed by atoms with Crippen LogP contribution in [0.3, 0.4) is 0 Å². The Morgan fingerprint density at radius 1 is 1.37 bits per heavy atom. The van der Waals surface area contributed by atoms with Gasteiger partial charge in [0, 0.05) is 19.7 Å². The van der Waals surface area contributed by atoms with Gasteiger partial charge in [-0.15, -0.1) is 0 Å².